The highest BCUT2D eigenvalue weighted by molar-refractivity contribution is 6.29. The third-order valence-electron chi connectivity index (χ3n) is 5.92. The van der Waals surface area contributed by atoms with Crippen LogP contribution >= 0.6 is 11.6 Å². The van der Waals surface area contributed by atoms with Crippen LogP contribution < -0.4 is 0 Å². The first-order valence-electron chi connectivity index (χ1n) is 10.00. The van der Waals surface area contributed by atoms with E-state index in [1.54, 1.807) is 9.47 Å². The number of hydrogen-bond donors (Lipinski definition) is 0. The average molecular weight is 415 g/mol. The predicted molar refractivity (Wildman–Crippen MR) is 114 cm³/mol. The minimum Gasteiger partial charge on any atom is -0.376 e. The number of hydrogen-bond acceptors (Lipinski definition) is 3. The largest absolute Gasteiger partial charge is 0.376 e. The Hall–Kier alpha value is -2.31. The zero-order valence-corrected chi connectivity index (χ0v) is 18.2. The van der Waals surface area contributed by atoms with Gasteiger partial charge in [0.25, 0.3) is 5.91 Å². The molecule has 0 bridgehead atoms. The van der Waals surface area contributed by atoms with Gasteiger partial charge in [-0.15, -0.1) is 0 Å². The van der Waals surface area contributed by atoms with E-state index in [0.29, 0.717) is 23.5 Å². The number of carbonyl (C=O) groups excluding carboxylic acids is 1. The Morgan fingerprint density at radius 2 is 2.14 bits per heavy atom. The van der Waals surface area contributed by atoms with Crippen molar-refractivity contribution < 1.29 is 9.53 Å². The van der Waals surface area contributed by atoms with E-state index in [2.05, 4.69) is 29.5 Å². The maximum absolute atomic E-state index is 13.0. The number of benzene rings is 1. The smallest absolute Gasteiger partial charge is 0.253 e. The third kappa shape index (κ3) is 3.79. The lowest BCUT2D eigenvalue weighted by Crippen LogP contribution is -2.26. The van der Waals surface area contributed by atoms with Crippen LogP contribution in [-0.2, 0) is 24.9 Å². The number of ether oxygens (including phenoxy) is 1. The van der Waals surface area contributed by atoms with Crippen LogP contribution in [-0.4, -0.2) is 44.7 Å². The first kappa shape index (κ1) is 20.0. The van der Waals surface area contributed by atoms with Gasteiger partial charge in [0.1, 0.15) is 0 Å². The van der Waals surface area contributed by atoms with Gasteiger partial charge in [0.2, 0.25) is 5.28 Å². The number of carbonyl (C=O) groups is 1. The van der Waals surface area contributed by atoms with Crippen LogP contribution in [0.5, 0.6) is 0 Å². The first-order chi connectivity index (χ1) is 13.8. The molecule has 3 heterocycles. The van der Waals surface area contributed by atoms with E-state index >= 15 is 0 Å². The maximum Gasteiger partial charge on any atom is 0.253 e. The number of nitrogens with zero attached hydrogens (tertiary/aromatic N) is 4. The molecule has 6 nitrogen and oxygen atoms in total. The fourth-order valence-electron chi connectivity index (χ4n) is 4.15. The Bertz CT molecular complexity index is 1060. The van der Waals surface area contributed by atoms with E-state index in [1.165, 1.54) is 17.0 Å². The van der Waals surface area contributed by atoms with Gasteiger partial charge >= 0.3 is 0 Å². The Labute approximate surface area is 176 Å². The molecular formula is C22H27ClN4O2. The highest BCUT2D eigenvalue weighted by Crippen LogP contribution is 2.23. The molecule has 0 radical (unpaired) electrons. The van der Waals surface area contributed by atoms with Crippen molar-refractivity contribution in [3.05, 3.63) is 52.1 Å². The molecule has 1 unspecified atom stereocenters. The van der Waals surface area contributed by atoms with Crippen molar-refractivity contribution in [1.82, 2.24) is 19.0 Å². The van der Waals surface area contributed by atoms with Gasteiger partial charge in [-0.25, -0.2) is 4.98 Å². The zero-order valence-electron chi connectivity index (χ0n) is 17.4. The molecule has 4 rings (SSSR count). The van der Waals surface area contributed by atoms with E-state index in [0.717, 1.165) is 37.0 Å². The molecule has 1 fully saturated rings. The second-order valence-corrected chi connectivity index (χ2v) is 8.28. The van der Waals surface area contributed by atoms with Crippen molar-refractivity contribution in [2.24, 2.45) is 7.05 Å². The number of aryl methyl sites for hydroxylation is 2. The number of rotatable bonds is 5. The van der Waals surface area contributed by atoms with Gasteiger partial charge in [-0.1, -0.05) is 0 Å². The van der Waals surface area contributed by atoms with E-state index in [4.69, 9.17) is 16.3 Å². The molecule has 0 spiro atoms. The molecule has 0 saturated carbocycles. The van der Waals surface area contributed by atoms with Gasteiger partial charge in [-0.3, -0.25) is 4.79 Å². The van der Waals surface area contributed by atoms with Gasteiger partial charge < -0.3 is 18.8 Å². The fourth-order valence-corrected chi connectivity index (χ4v) is 4.33. The lowest BCUT2D eigenvalue weighted by Gasteiger charge is -2.18. The summed E-state index contributed by atoms with van der Waals surface area (Å²) in [7, 11) is 3.69. The van der Waals surface area contributed by atoms with Gasteiger partial charge in [0.05, 0.1) is 17.1 Å². The summed E-state index contributed by atoms with van der Waals surface area (Å²) >= 11 is 6.09. The van der Waals surface area contributed by atoms with Crippen LogP contribution in [0.15, 0.2) is 24.3 Å². The molecule has 154 valence electrons. The molecule has 1 saturated heterocycles. The van der Waals surface area contributed by atoms with Crippen molar-refractivity contribution >= 4 is 28.5 Å². The van der Waals surface area contributed by atoms with Crippen molar-refractivity contribution in [2.75, 3.05) is 13.7 Å². The van der Waals surface area contributed by atoms with Crippen LogP contribution in [0.1, 0.15) is 40.2 Å². The fraction of sp³-hybridized carbons (Fsp3) is 0.455. The second kappa shape index (κ2) is 7.84. The van der Waals surface area contributed by atoms with E-state index < -0.39 is 0 Å². The summed E-state index contributed by atoms with van der Waals surface area (Å²) in [4.78, 5) is 19.1. The summed E-state index contributed by atoms with van der Waals surface area (Å²) in [5.74, 6) is -0.0202. The number of fused-ring (bicyclic) bond motifs is 1. The highest BCUT2D eigenvalue weighted by Gasteiger charge is 2.21. The van der Waals surface area contributed by atoms with Gasteiger partial charge in [0.15, 0.2) is 0 Å². The van der Waals surface area contributed by atoms with E-state index in [-0.39, 0.29) is 5.91 Å². The van der Waals surface area contributed by atoms with Crippen molar-refractivity contribution in [1.29, 1.82) is 0 Å². The molecule has 0 N–H and O–H groups in total. The molecule has 1 aliphatic rings. The molecule has 1 amide bonds. The second-order valence-electron chi connectivity index (χ2n) is 7.95. The number of aromatic nitrogens is 3. The van der Waals surface area contributed by atoms with Crippen LogP contribution in [0.2, 0.25) is 5.28 Å². The monoisotopic (exact) mass is 414 g/mol. The number of imidazole rings is 1. The minimum atomic E-state index is -0.0202. The van der Waals surface area contributed by atoms with Crippen molar-refractivity contribution in [3.8, 4) is 0 Å². The SMILES string of the molecule is Cc1cc(CN(C)C(=O)c2ccc3nc(Cl)n(C)c3c2)c(C)n1CC1CCCO1. The number of halogens is 1. The lowest BCUT2D eigenvalue weighted by molar-refractivity contribution is 0.0784. The van der Waals surface area contributed by atoms with Gasteiger partial charge in [0, 0.05) is 50.7 Å². The van der Waals surface area contributed by atoms with E-state index in [1.807, 2.05) is 32.3 Å². The van der Waals surface area contributed by atoms with Crippen molar-refractivity contribution in [2.45, 2.75) is 45.9 Å². The van der Waals surface area contributed by atoms with E-state index in [9.17, 15) is 4.79 Å². The Balaban J connectivity index is 1.52. The Kier molecular flexibility index (Phi) is 5.40. The molecule has 1 aromatic carbocycles. The van der Waals surface area contributed by atoms with Crippen molar-refractivity contribution in [3.63, 3.8) is 0 Å². The summed E-state index contributed by atoms with van der Waals surface area (Å²) in [5.41, 5.74) is 5.85. The maximum atomic E-state index is 13.0. The zero-order chi connectivity index (χ0) is 20.7. The topological polar surface area (TPSA) is 52.3 Å². The summed E-state index contributed by atoms with van der Waals surface area (Å²) in [6.45, 7) is 6.55. The minimum absolute atomic E-state index is 0.0202. The van der Waals surface area contributed by atoms with Crippen LogP contribution in [0.4, 0.5) is 0 Å². The molecule has 1 atom stereocenters. The Morgan fingerprint density at radius 3 is 2.86 bits per heavy atom. The predicted octanol–water partition coefficient (Wildman–Crippen LogP) is 4.10. The first-order valence-corrected chi connectivity index (χ1v) is 10.4. The Morgan fingerprint density at radius 1 is 1.34 bits per heavy atom. The summed E-state index contributed by atoms with van der Waals surface area (Å²) < 4.78 is 9.89. The molecule has 2 aromatic heterocycles. The quantitative estimate of drug-likeness (QED) is 0.631. The van der Waals surface area contributed by atoms with Gasteiger partial charge in [-0.2, -0.15) is 0 Å². The van der Waals surface area contributed by atoms with Gasteiger partial charge in [-0.05, 0) is 68.1 Å². The van der Waals surface area contributed by atoms with Crippen LogP contribution in [0, 0.1) is 13.8 Å². The standard InChI is InChI=1S/C22H27ClN4O2/c1-14-10-17(15(2)27(14)13-18-6-5-9-29-18)12-25(3)21(28)16-7-8-19-20(11-16)26(4)22(23)24-19/h7-8,10-11,18H,5-6,9,12-13H2,1-4H3. The normalized spacial score (nSPS) is 16.7. The van der Waals surface area contributed by atoms with Crippen LogP contribution in [0.3, 0.4) is 0 Å². The summed E-state index contributed by atoms with van der Waals surface area (Å²) in [6, 6.07) is 7.69. The number of amides is 1. The summed E-state index contributed by atoms with van der Waals surface area (Å²) in [5, 5.41) is 0.414. The summed E-state index contributed by atoms with van der Waals surface area (Å²) in [6.07, 6.45) is 2.55. The highest BCUT2D eigenvalue weighted by atomic mass is 35.5. The molecule has 3 aromatic rings. The molecule has 29 heavy (non-hydrogen) atoms. The third-order valence-corrected chi connectivity index (χ3v) is 6.25. The molecular weight excluding hydrogens is 388 g/mol. The molecule has 0 aliphatic carbocycles. The molecule has 1 aliphatic heterocycles. The average Bonchev–Trinajstić information content (AvgIpc) is 3.38. The molecule has 7 heteroatoms. The van der Waals surface area contributed by atoms with Crippen LogP contribution in [0.25, 0.3) is 11.0 Å². The lowest BCUT2D eigenvalue weighted by atomic mass is 10.1.